The van der Waals surface area contributed by atoms with Crippen LogP contribution in [0.15, 0.2) is 12.1 Å². The molecule has 0 saturated heterocycles. The van der Waals surface area contributed by atoms with Crippen molar-refractivity contribution in [2.45, 2.75) is 6.10 Å². The second-order valence-corrected chi connectivity index (χ2v) is 2.94. The summed E-state index contributed by atoms with van der Waals surface area (Å²) in [5, 5.41) is 19.7. The first-order chi connectivity index (χ1) is 7.06. The molecule has 0 aliphatic carbocycles. The summed E-state index contributed by atoms with van der Waals surface area (Å²) in [5.74, 6) is -4.20. The standard InChI is InChI=1S/C9H10F3NO2/c10-6-1-2-7(9(12)8(6)11)13-3-5(15)4-14/h1-2,5,13-15H,3-4H2. The van der Waals surface area contributed by atoms with E-state index in [-0.39, 0.29) is 12.2 Å². The molecule has 3 N–H and O–H groups in total. The quantitative estimate of drug-likeness (QED) is 0.661. The molecular weight excluding hydrogens is 211 g/mol. The van der Waals surface area contributed by atoms with Gasteiger partial charge in [-0.05, 0) is 12.1 Å². The van der Waals surface area contributed by atoms with E-state index in [0.29, 0.717) is 0 Å². The van der Waals surface area contributed by atoms with Gasteiger partial charge in [-0.25, -0.2) is 13.2 Å². The van der Waals surface area contributed by atoms with Gasteiger partial charge in [0.25, 0.3) is 0 Å². The number of aliphatic hydroxyl groups excluding tert-OH is 2. The van der Waals surface area contributed by atoms with E-state index in [2.05, 4.69) is 5.32 Å². The predicted octanol–water partition coefficient (Wildman–Crippen LogP) is 0.869. The van der Waals surface area contributed by atoms with E-state index in [4.69, 9.17) is 10.2 Å². The van der Waals surface area contributed by atoms with E-state index in [1.807, 2.05) is 0 Å². The third-order valence-corrected chi connectivity index (χ3v) is 1.77. The average Bonchev–Trinajstić information content (AvgIpc) is 2.24. The van der Waals surface area contributed by atoms with Crippen LogP contribution in [0, 0.1) is 17.5 Å². The molecule has 0 saturated carbocycles. The Bertz CT molecular complexity index is 346. The third-order valence-electron chi connectivity index (χ3n) is 1.77. The van der Waals surface area contributed by atoms with Gasteiger partial charge in [-0.3, -0.25) is 0 Å². The van der Waals surface area contributed by atoms with Crippen LogP contribution in [-0.2, 0) is 0 Å². The minimum absolute atomic E-state index is 0.154. The fraction of sp³-hybridized carbons (Fsp3) is 0.333. The van der Waals surface area contributed by atoms with Crippen molar-refractivity contribution < 1.29 is 23.4 Å². The van der Waals surface area contributed by atoms with Crippen LogP contribution in [0.3, 0.4) is 0 Å². The largest absolute Gasteiger partial charge is 0.394 e. The summed E-state index contributed by atoms with van der Waals surface area (Å²) >= 11 is 0. The Morgan fingerprint density at radius 3 is 2.47 bits per heavy atom. The molecule has 0 radical (unpaired) electrons. The zero-order chi connectivity index (χ0) is 11.4. The Hall–Kier alpha value is -1.27. The topological polar surface area (TPSA) is 52.5 Å². The highest BCUT2D eigenvalue weighted by Gasteiger charge is 2.13. The predicted molar refractivity (Wildman–Crippen MR) is 47.9 cm³/mol. The van der Waals surface area contributed by atoms with Crippen molar-refractivity contribution >= 4 is 5.69 Å². The number of anilines is 1. The first kappa shape index (κ1) is 11.8. The monoisotopic (exact) mass is 221 g/mol. The van der Waals surface area contributed by atoms with Crippen LogP contribution in [0.25, 0.3) is 0 Å². The average molecular weight is 221 g/mol. The molecule has 0 heterocycles. The summed E-state index contributed by atoms with van der Waals surface area (Å²) in [5.41, 5.74) is -0.263. The molecule has 0 amide bonds. The van der Waals surface area contributed by atoms with E-state index in [9.17, 15) is 13.2 Å². The Kier molecular flexibility index (Phi) is 3.93. The van der Waals surface area contributed by atoms with Crippen LogP contribution in [0.5, 0.6) is 0 Å². The highest BCUT2D eigenvalue weighted by molar-refractivity contribution is 5.45. The Morgan fingerprint density at radius 1 is 1.20 bits per heavy atom. The van der Waals surface area contributed by atoms with Crippen molar-refractivity contribution in [2.75, 3.05) is 18.5 Å². The smallest absolute Gasteiger partial charge is 0.196 e. The molecule has 0 aromatic heterocycles. The summed E-state index contributed by atoms with van der Waals surface area (Å²) in [6.45, 7) is -0.656. The fourth-order valence-electron chi connectivity index (χ4n) is 0.955. The summed E-state index contributed by atoms with van der Waals surface area (Å²) in [6, 6.07) is 1.78. The molecule has 1 rings (SSSR count). The second-order valence-electron chi connectivity index (χ2n) is 2.94. The highest BCUT2D eigenvalue weighted by atomic mass is 19.2. The first-order valence-corrected chi connectivity index (χ1v) is 4.22. The van der Waals surface area contributed by atoms with Crippen LogP contribution < -0.4 is 5.32 Å². The summed E-state index contributed by atoms with van der Waals surface area (Å²) < 4.78 is 38.2. The highest BCUT2D eigenvalue weighted by Crippen LogP contribution is 2.19. The van der Waals surface area contributed by atoms with Crippen LogP contribution in [0.2, 0.25) is 0 Å². The molecule has 1 aromatic carbocycles. The Balaban J connectivity index is 2.74. The zero-order valence-electron chi connectivity index (χ0n) is 7.67. The molecule has 1 atom stereocenters. The fourth-order valence-corrected chi connectivity index (χ4v) is 0.955. The molecule has 0 aliphatic rings. The maximum absolute atomic E-state index is 13.0. The number of halogens is 3. The van der Waals surface area contributed by atoms with Gasteiger partial charge in [0, 0.05) is 6.54 Å². The minimum atomic E-state index is -1.57. The lowest BCUT2D eigenvalue weighted by Gasteiger charge is -2.11. The van der Waals surface area contributed by atoms with Crippen LogP contribution in [0.1, 0.15) is 0 Å². The van der Waals surface area contributed by atoms with Crippen molar-refractivity contribution in [1.29, 1.82) is 0 Å². The Morgan fingerprint density at radius 2 is 1.87 bits per heavy atom. The molecular formula is C9H10F3NO2. The maximum Gasteiger partial charge on any atom is 0.196 e. The molecule has 0 fully saturated rings. The van der Waals surface area contributed by atoms with Gasteiger partial charge >= 0.3 is 0 Å². The van der Waals surface area contributed by atoms with Crippen LogP contribution >= 0.6 is 0 Å². The van der Waals surface area contributed by atoms with Crippen molar-refractivity contribution in [2.24, 2.45) is 0 Å². The normalized spacial score (nSPS) is 12.6. The van der Waals surface area contributed by atoms with Crippen molar-refractivity contribution in [1.82, 2.24) is 0 Å². The third kappa shape index (κ3) is 2.84. The number of hydrogen-bond donors (Lipinski definition) is 3. The van der Waals surface area contributed by atoms with Gasteiger partial charge in [-0.2, -0.15) is 0 Å². The van der Waals surface area contributed by atoms with Gasteiger partial charge in [-0.1, -0.05) is 0 Å². The maximum atomic E-state index is 13.0. The van der Waals surface area contributed by atoms with Crippen molar-refractivity contribution in [3.63, 3.8) is 0 Å². The number of hydrogen-bond acceptors (Lipinski definition) is 3. The summed E-state index contributed by atoms with van der Waals surface area (Å²) in [7, 11) is 0. The van der Waals surface area contributed by atoms with Crippen molar-refractivity contribution in [3.8, 4) is 0 Å². The Labute approximate surface area is 84.2 Å². The molecule has 0 spiro atoms. The SMILES string of the molecule is OCC(O)CNc1ccc(F)c(F)c1F. The lowest BCUT2D eigenvalue weighted by molar-refractivity contribution is 0.105. The van der Waals surface area contributed by atoms with Crippen LogP contribution in [-0.4, -0.2) is 29.5 Å². The van der Waals surface area contributed by atoms with E-state index < -0.39 is 30.2 Å². The summed E-state index contributed by atoms with van der Waals surface area (Å²) in [4.78, 5) is 0. The zero-order valence-corrected chi connectivity index (χ0v) is 7.67. The van der Waals surface area contributed by atoms with Gasteiger partial charge in [0.1, 0.15) is 0 Å². The van der Waals surface area contributed by atoms with Gasteiger partial charge < -0.3 is 15.5 Å². The number of rotatable bonds is 4. The lowest BCUT2D eigenvalue weighted by atomic mass is 10.2. The van der Waals surface area contributed by atoms with E-state index in [0.717, 1.165) is 12.1 Å². The summed E-state index contributed by atoms with van der Waals surface area (Å²) in [6.07, 6.45) is -1.09. The molecule has 1 unspecified atom stereocenters. The van der Waals surface area contributed by atoms with E-state index in [1.165, 1.54) is 0 Å². The minimum Gasteiger partial charge on any atom is -0.394 e. The number of benzene rings is 1. The van der Waals surface area contributed by atoms with Gasteiger partial charge in [0.15, 0.2) is 17.5 Å². The van der Waals surface area contributed by atoms with Crippen LogP contribution in [0.4, 0.5) is 18.9 Å². The van der Waals surface area contributed by atoms with E-state index >= 15 is 0 Å². The lowest BCUT2D eigenvalue weighted by Crippen LogP contribution is -2.23. The molecule has 3 nitrogen and oxygen atoms in total. The van der Waals surface area contributed by atoms with E-state index in [1.54, 1.807) is 0 Å². The molecule has 1 aromatic rings. The molecule has 15 heavy (non-hydrogen) atoms. The molecule has 6 heteroatoms. The van der Waals surface area contributed by atoms with Crippen molar-refractivity contribution in [3.05, 3.63) is 29.6 Å². The molecule has 0 aliphatic heterocycles. The van der Waals surface area contributed by atoms with Gasteiger partial charge in [0.05, 0.1) is 18.4 Å². The second kappa shape index (κ2) is 4.99. The van der Waals surface area contributed by atoms with Gasteiger partial charge in [0.2, 0.25) is 0 Å². The molecule has 0 bridgehead atoms. The first-order valence-electron chi connectivity index (χ1n) is 4.22. The van der Waals surface area contributed by atoms with Gasteiger partial charge in [-0.15, -0.1) is 0 Å². The molecule has 84 valence electrons. The number of aliphatic hydroxyl groups is 2. The number of nitrogens with one attached hydrogen (secondary N) is 1.